The standard InChI is InChI=1S/C14H25N3O3S/c1-2-6-15-10-13-3-7-17(8-4-13)21(18,19)16-11-14-5-9-20-12-14/h5,9,12-13,15-16H,2-4,6-8,10-11H2,1H3. The molecule has 1 fully saturated rings. The summed E-state index contributed by atoms with van der Waals surface area (Å²) in [4.78, 5) is 0. The summed E-state index contributed by atoms with van der Waals surface area (Å²) < 4.78 is 33.5. The molecule has 0 atom stereocenters. The third kappa shape index (κ3) is 5.10. The molecule has 2 rings (SSSR count). The van der Waals surface area contributed by atoms with Crippen LogP contribution >= 0.6 is 0 Å². The molecule has 0 amide bonds. The van der Waals surface area contributed by atoms with Crippen LogP contribution in [0.5, 0.6) is 0 Å². The maximum Gasteiger partial charge on any atom is 0.279 e. The highest BCUT2D eigenvalue weighted by Gasteiger charge is 2.27. The number of nitrogens with one attached hydrogen (secondary N) is 2. The lowest BCUT2D eigenvalue weighted by molar-refractivity contribution is 0.265. The summed E-state index contributed by atoms with van der Waals surface area (Å²) >= 11 is 0. The first kappa shape index (κ1) is 16.5. The van der Waals surface area contributed by atoms with Crippen LogP contribution in [-0.2, 0) is 16.8 Å². The summed E-state index contributed by atoms with van der Waals surface area (Å²) in [6.45, 7) is 5.64. The van der Waals surface area contributed by atoms with E-state index in [1.807, 2.05) is 0 Å². The van der Waals surface area contributed by atoms with Crippen LogP contribution in [0.15, 0.2) is 23.0 Å². The van der Waals surface area contributed by atoms with E-state index in [1.54, 1.807) is 22.9 Å². The zero-order valence-corrected chi connectivity index (χ0v) is 13.4. The van der Waals surface area contributed by atoms with Crippen LogP contribution in [0.25, 0.3) is 0 Å². The van der Waals surface area contributed by atoms with Crippen molar-refractivity contribution in [1.29, 1.82) is 0 Å². The van der Waals surface area contributed by atoms with Gasteiger partial charge in [0.05, 0.1) is 12.5 Å². The molecule has 0 aromatic carbocycles. The minimum absolute atomic E-state index is 0.275. The van der Waals surface area contributed by atoms with Crippen LogP contribution in [0, 0.1) is 5.92 Å². The van der Waals surface area contributed by atoms with Gasteiger partial charge in [-0.05, 0) is 44.3 Å². The summed E-state index contributed by atoms with van der Waals surface area (Å²) in [7, 11) is -3.39. The van der Waals surface area contributed by atoms with Gasteiger partial charge < -0.3 is 9.73 Å². The molecule has 0 bridgehead atoms. The van der Waals surface area contributed by atoms with Gasteiger partial charge in [0.2, 0.25) is 0 Å². The number of hydrogen-bond donors (Lipinski definition) is 2. The second-order valence-corrected chi connectivity index (χ2v) is 7.26. The normalized spacial score (nSPS) is 18.1. The van der Waals surface area contributed by atoms with E-state index >= 15 is 0 Å². The quantitative estimate of drug-likeness (QED) is 0.710. The van der Waals surface area contributed by atoms with Gasteiger partial charge >= 0.3 is 0 Å². The lowest BCUT2D eigenvalue weighted by Gasteiger charge is -2.31. The van der Waals surface area contributed by atoms with Gasteiger partial charge in [-0.3, -0.25) is 0 Å². The van der Waals surface area contributed by atoms with Crippen molar-refractivity contribution >= 4 is 10.2 Å². The molecule has 120 valence electrons. The molecule has 1 aliphatic rings. The Morgan fingerprint density at radius 2 is 2.14 bits per heavy atom. The topological polar surface area (TPSA) is 74.6 Å². The Hall–Kier alpha value is -0.890. The van der Waals surface area contributed by atoms with Gasteiger partial charge in [0.1, 0.15) is 0 Å². The predicted molar refractivity (Wildman–Crippen MR) is 81.9 cm³/mol. The number of piperidine rings is 1. The van der Waals surface area contributed by atoms with Crippen molar-refractivity contribution in [1.82, 2.24) is 14.3 Å². The lowest BCUT2D eigenvalue weighted by atomic mass is 9.98. The van der Waals surface area contributed by atoms with E-state index in [-0.39, 0.29) is 6.54 Å². The molecule has 2 heterocycles. The summed E-state index contributed by atoms with van der Waals surface area (Å²) in [5.41, 5.74) is 0.831. The van der Waals surface area contributed by atoms with Gasteiger partial charge in [0.25, 0.3) is 10.2 Å². The average molecular weight is 315 g/mol. The minimum atomic E-state index is -3.39. The monoisotopic (exact) mass is 315 g/mol. The molecule has 0 unspecified atom stereocenters. The molecule has 1 aromatic heterocycles. The zero-order valence-electron chi connectivity index (χ0n) is 12.5. The first-order valence-electron chi connectivity index (χ1n) is 7.58. The summed E-state index contributed by atoms with van der Waals surface area (Å²) in [5.74, 6) is 0.580. The van der Waals surface area contributed by atoms with Crippen molar-refractivity contribution in [2.45, 2.75) is 32.7 Å². The lowest BCUT2D eigenvalue weighted by Crippen LogP contribution is -2.45. The summed E-state index contributed by atoms with van der Waals surface area (Å²) in [5, 5.41) is 3.41. The predicted octanol–water partition coefficient (Wildman–Crippen LogP) is 1.33. The van der Waals surface area contributed by atoms with Gasteiger partial charge in [-0.1, -0.05) is 6.92 Å². The SMILES string of the molecule is CCCNCC1CCN(S(=O)(=O)NCc2ccoc2)CC1. The molecule has 0 aliphatic carbocycles. The van der Waals surface area contributed by atoms with Crippen molar-refractivity contribution in [3.05, 3.63) is 24.2 Å². The molecular weight excluding hydrogens is 290 g/mol. The van der Waals surface area contributed by atoms with Gasteiger partial charge in [-0.25, -0.2) is 0 Å². The molecule has 0 radical (unpaired) electrons. The van der Waals surface area contributed by atoms with Gasteiger partial charge in [0, 0.05) is 25.2 Å². The van der Waals surface area contributed by atoms with Gasteiger partial charge in [0.15, 0.2) is 0 Å². The highest BCUT2D eigenvalue weighted by atomic mass is 32.2. The van der Waals surface area contributed by atoms with E-state index in [0.717, 1.165) is 37.9 Å². The first-order valence-corrected chi connectivity index (χ1v) is 9.02. The highest BCUT2D eigenvalue weighted by molar-refractivity contribution is 7.87. The van der Waals surface area contributed by atoms with Crippen LogP contribution in [0.1, 0.15) is 31.7 Å². The molecule has 1 aliphatic heterocycles. The van der Waals surface area contributed by atoms with E-state index in [0.29, 0.717) is 19.0 Å². The third-order valence-electron chi connectivity index (χ3n) is 3.81. The van der Waals surface area contributed by atoms with Crippen LogP contribution in [0.4, 0.5) is 0 Å². The average Bonchev–Trinajstić information content (AvgIpc) is 3.00. The van der Waals surface area contributed by atoms with Crippen LogP contribution in [-0.4, -0.2) is 38.9 Å². The Morgan fingerprint density at radius 3 is 2.76 bits per heavy atom. The van der Waals surface area contributed by atoms with Crippen molar-refractivity contribution in [3.63, 3.8) is 0 Å². The van der Waals surface area contributed by atoms with Crippen LogP contribution in [0.3, 0.4) is 0 Å². The molecular formula is C14H25N3O3S. The number of nitrogens with zero attached hydrogens (tertiary/aromatic N) is 1. The molecule has 6 nitrogen and oxygen atoms in total. The van der Waals surface area contributed by atoms with E-state index in [9.17, 15) is 8.42 Å². The van der Waals surface area contributed by atoms with E-state index in [2.05, 4.69) is 17.0 Å². The Kier molecular flexibility index (Phi) is 6.22. The van der Waals surface area contributed by atoms with Crippen molar-refractivity contribution < 1.29 is 12.8 Å². The molecule has 0 saturated carbocycles. The van der Waals surface area contributed by atoms with Crippen LogP contribution < -0.4 is 10.0 Å². The highest BCUT2D eigenvalue weighted by Crippen LogP contribution is 2.18. The number of rotatable bonds is 8. The second-order valence-electron chi connectivity index (χ2n) is 5.50. The molecule has 21 heavy (non-hydrogen) atoms. The molecule has 1 saturated heterocycles. The molecule has 0 spiro atoms. The van der Waals surface area contributed by atoms with E-state index in [4.69, 9.17) is 4.42 Å². The van der Waals surface area contributed by atoms with Crippen molar-refractivity contribution in [2.24, 2.45) is 5.92 Å². The molecule has 7 heteroatoms. The largest absolute Gasteiger partial charge is 0.472 e. The Balaban J connectivity index is 1.75. The first-order chi connectivity index (χ1) is 10.1. The van der Waals surface area contributed by atoms with E-state index in [1.165, 1.54) is 0 Å². The summed E-state index contributed by atoms with van der Waals surface area (Å²) in [6.07, 6.45) is 6.06. The Morgan fingerprint density at radius 1 is 1.38 bits per heavy atom. The second kappa shape index (κ2) is 7.93. The van der Waals surface area contributed by atoms with E-state index < -0.39 is 10.2 Å². The van der Waals surface area contributed by atoms with Crippen molar-refractivity contribution in [3.8, 4) is 0 Å². The van der Waals surface area contributed by atoms with Gasteiger partial charge in [-0.15, -0.1) is 0 Å². The minimum Gasteiger partial charge on any atom is -0.472 e. The van der Waals surface area contributed by atoms with Crippen molar-refractivity contribution in [2.75, 3.05) is 26.2 Å². The maximum atomic E-state index is 12.2. The molecule has 1 aromatic rings. The Bertz CT molecular complexity index is 494. The van der Waals surface area contributed by atoms with Crippen LogP contribution in [0.2, 0.25) is 0 Å². The van der Waals surface area contributed by atoms with Gasteiger partial charge in [-0.2, -0.15) is 17.4 Å². The Labute approximate surface area is 127 Å². The smallest absolute Gasteiger partial charge is 0.279 e. The molecule has 2 N–H and O–H groups in total. The zero-order chi connectivity index (χ0) is 15.1. The fourth-order valence-electron chi connectivity index (χ4n) is 2.50. The maximum absolute atomic E-state index is 12.2. The number of furan rings is 1. The summed E-state index contributed by atoms with van der Waals surface area (Å²) in [6, 6.07) is 1.76. The fourth-order valence-corrected chi connectivity index (χ4v) is 3.72. The fraction of sp³-hybridized carbons (Fsp3) is 0.714. The third-order valence-corrected chi connectivity index (χ3v) is 5.37. The number of hydrogen-bond acceptors (Lipinski definition) is 4.